The third-order valence-corrected chi connectivity index (χ3v) is 3.63. The first-order chi connectivity index (χ1) is 11.3. The summed E-state index contributed by atoms with van der Waals surface area (Å²) >= 11 is 0. The molecule has 1 fully saturated rings. The molecule has 1 amide bonds. The molecule has 3 heterocycles. The maximum atomic E-state index is 12.5. The van der Waals surface area contributed by atoms with Crippen LogP contribution in [0.2, 0.25) is 0 Å². The lowest BCUT2D eigenvalue weighted by Gasteiger charge is -2.32. The Morgan fingerprint density at radius 2 is 2.17 bits per heavy atom. The molecule has 1 aliphatic rings. The molecule has 7 heteroatoms. The van der Waals surface area contributed by atoms with E-state index in [9.17, 15) is 4.79 Å². The van der Waals surface area contributed by atoms with Gasteiger partial charge in [-0.05, 0) is 25.0 Å². The molecule has 23 heavy (non-hydrogen) atoms. The first-order valence-corrected chi connectivity index (χ1v) is 7.50. The molecular weight excluding hydrogens is 296 g/mol. The lowest BCUT2D eigenvalue weighted by atomic mass is 10.1. The van der Waals surface area contributed by atoms with E-state index in [0.717, 1.165) is 12.8 Å². The molecule has 2 aromatic rings. The van der Waals surface area contributed by atoms with Gasteiger partial charge in [-0.25, -0.2) is 4.98 Å². The fraction of sp³-hybridized carbons (Fsp3) is 0.375. The Balaban J connectivity index is 1.65. The number of carbonyl (C=O) groups is 1. The highest BCUT2D eigenvalue weighted by atomic mass is 16.5. The summed E-state index contributed by atoms with van der Waals surface area (Å²) in [6, 6.07) is 7.27. The number of rotatable bonds is 4. The number of nitrogens with zero attached hydrogens (tertiary/aromatic N) is 4. The lowest BCUT2D eigenvalue weighted by molar-refractivity contribution is 0.0520. The molecule has 0 N–H and O–H groups in total. The van der Waals surface area contributed by atoms with E-state index >= 15 is 0 Å². The van der Waals surface area contributed by atoms with Crippen LogP contribution in [0.3, 0.4) is 0 Å². The van der Waals surface area contributed by atoms with Gasteiger partial charge in [0.05, 0.1) is 13.7 Å². The van der Waals surface area contributed by atoms with E-state index in [-0.39, 0.29) is 18.0 Å². The normalized spacial score (nSPS) is 17.6. The van der Waals surface area contributed by atoms with Crippen molar-refractivity contribution in [3.8, 4) is 11.9 Å². The van der Waals surface area contributed by atoms with Gasteiger partial charge in [0.1, 0.15) is 11.8 Å². The van der Waals surface area contributed by atoms with E-state index in [1.807, 2.05) is 6.07 Å². The second-order valence-electron chi connectivity index (χ2n) is 5.23. The fourth-order valence-corrected chi connectivity index (χ4v) is 2.53. The van der Waals surface area contributed by atoms with Crippen LogP contribution in [0.25, 0.3) is 0 Å². The largest absolute Gasteiger partial charge is 0.472 e. The Morgan fingerprint density at radius 1 is 1.26 bits per heavy atom. The van der Waals surface area contributed by atoms with Crippen molar-refractivity contribution in [1.82, 2.24) is 19.9 Å². The maximum Gasteiger partial charge on any atom is 0.319 e. The second kappa shape index (κ2) is 7.04. The van der Waals surface area contributed by atoms with Crippen LogP contribution in [0.15, 0.2) is 36.7 Å². The monoisotopic (exact) mass is 314 g/mol. The van der Waals surface area contributed by atoms with E-state index in [0.29, 0.717) is 24.7 Å². The molecule has 120 valence electrons. The van der Waals surface area contributed by atoms with E-state index in [2.05, 4.69) is 15.0 Å². The molecule has 3 rings (SSSR count). The van der Waals surface area contributed by atoms with Gasteiger partial charge < -0.3 is 14.4 Å². The summed E-state index contributed by atoms with van der Waals surface area (Å²) in [5, 5.41) is 0. The van der Waals surface area contributed by atoms with E-state index in [4.69, 9.17) is 9.47 Å². The summed E-state index contributed by atoms with van der Waals surface area (Å²) in [6.07, 6.45) is 4.86. The molecule has 0 radical (unpaired) electrons. The van der Waals surface area contributed by atoms with Gasteiger partial charge in [0, 0.05) is 25.0 Å². The molecule has 7 nitrogen and oxygen atoms in total. The Labute approximate surface area is 134 Å². The summed E-state index contributed by atoms with van der Waals surface area (Å²) in [4.78, 5) is 26.4. The van der Waals surface area contributed by atoms with Crippen LogP contribution in [0.5, 0.6) is 11.9 Å². The summed E-state index contributed by atoms with van der Waals surface area (Å²) in [5.41, 5.74) is 0.455. The summed E-state index contributed by atoms with van der Waals surface area (Å²) in [6.45, 7) is 1.23. The SMILES string of the molecule is COc1nccc(OC2CCCN(C(=O)c3ccccn3)C2)n1. The predicted molar refractivity (Wildman–Crippen MR) is 82.4 cm³/mol. The number of likely N-dealkylation sites (tertiary alicyclic amines) is 1. The smallest absolute Gasteiger partial charge is 0.319 e. The fourth-order valence-electron chi connectivity index (χ4n) is 2.53. The molecule has 0 saturated carbocycles. The number of hydrogen-bond acceptors (Lipinski definition) is 6. The van der Waals surface area contributed by atoms with Gasteiger partial charge >= 0.3 is 6.01 Å². The second-order valence-corrected chi connectivity index (χ2v) is 5.23. The van der Waals surface area contributed by atoms with E-state index in [1.54, 1.807) is 35.5 Å². The minimum absolute atomic E-state index is 0.0702. The van der Waals surface area contributed by atoms with Crippen molar-refractivity contribution in [2.45, 2.75) is 18.9 Å². The van der Waals surface area contributed by atoms with Crippen LogP contribution in [0.4, 0.5) is 0 Å². The highest BCUT2D eigenvalue weighted by Gasteiger charge is 2.26. The minimum Gasteiger partial charge on any atom is -0.472 e. The summed E-state index contributed by atoms with van der Waals surface area (Å²) in [5.74, 6) is 0.383. The number of methoxy groups -OCH3 is 1. The lowest BCUT2D eigenvalue weighted by Crippen LogP contribution is -2.44. The van der Waals surface area contributed by atoms with Gasteiger partial charge in [-0.15, -0.1) is 0 Å². The van der Waals surface area contributed by atoms with Crippen molar-refractivity contribution in [3.63, 3.8) is 0 Å². The third-order valence-electron chi connectivity index (χ3n) is 3.63. The van der Waals surface area contributed by atoms with E-state index in [1.165, 1.54) is 7.11 Å². The Hall–Kier alpha value is -2.70. The van der Waals surface area contributed by atoms with Crippen LogP contribution in [0.1, 0.15) is 23.3 Å². The van der Waals surface area contributed by atoms with Crippen molar-refractivity contribution in [2.24, 2.45) is 0 Å². The molecule has 1 atom stereocenters. The van der Waals surface area contributed by atoms with Gasteiger partial charge in [0.25, 0.3) is 5.91 Å². The number of hydrogen-bond donors (Lipinski definition) is 0. The molecule has 1 saturated heterocycles. The zero-order valence-corrected chi connectivity index (χ0v) is 12.9. The summed E-state index contributed by atoms with van der Waals surface area (Å²) < 4.78 is 10.9. The Morgan fingerprint density at radius 3 is 2.96 bits per heavy atom. The zero-order chi connectivity index (χ0) is 16.1. The molecule has 0 aliphatic carbocycles. The highest BCUT2D eigenvalue weighted by Crippen LogP contribution is 2.19. The van der Waals surface area contributed by atoms with Gasteiger partial charge in [0.15, 0.2) is 0 Å². The number of carbonyl (C=O) groups excluding carboxylic acids is 1. The standard InChI is InChI=1S/C16H18N4O3/c1-22-16-18-9-7-14(19-16)23-12-5-4-10-20(11-12)15(21)13-6-2-3-8-17-13/h2-3,6-9,12H,4-5,10-11H2,1H3. The number of piperidine rings is 1. The van der Waals surface area contributed by atoms with Gasteiger partial charge in [-0.3, -0.25) is 9.78 Å². The first kappa shape index (κ1) is 15.2. The first-order valence-electron chi connectivity index (χ1n) is 7.50. The van der Waals surface area contributed by atoms with Gasteiger partial charge in [-0.2, -0.15) is 4.98 Å². The quantitative estimate of drug-likeness (QED) is 0.852. The van der Waals surface area contributed by atoms with Gasteiger partial charge in [0.2, 0.25) is 5.88 Å². The molecule has 0 bridgehead atoms. The van der Waals surface area contributed by atoms with Gasteiger partial charge in [-0.1, -0.05) is 6.07 Å². The van der Waals surface area contributed by atoms with Crippen LogP contribution >= 0.6 is 0 Å². The molecule has 2 aromatic heterocycles. The molecular formula is C16H18N4O3. The number of amides is 1. The topological polar surface area (TPSA) is 77.4 Å². The van der Waals surface area contributed by atoms with Crippen molar-refractivity contribution in [1.29, 1.82) is 0 Å². The average molecular weight is 314 g/mol. The molecule has 0 spiro atoms. The molecule has 1 aliphatic heterocycles. The van der Waals surface area contributed by atoms with Crippen LogP contribution in [-0.2, 0) is 0 Å². The minimum atomic E-state index is -0.101. The zero-order valence-electron chi connectivity index (χ0n) is 12.9. The molecule has 0 aromatic carbocycles. The van der Waals surface area contributed by atoms with Crippen molar-refractivity contribution in [2.75, 3.05) is 20.2 Å². The highest BCUT2D eigenvalue weighted by molar-refractivity contribution is 5.92. The van der Waals surface area contributed by atoms with Crippen molar-refractivity contribution >= 4 is 5.91 Å². The average Bonchev–Trinajstić information content (AvgIpc) is 2.62. The summed E-state index contributed by atoms with van der Waals surface area (Å²) in [7, 11) is 1.51. The Kier molecular flexibility index (Phi) is 4.65. The van der Waals surface area contributed by atoms with E-state index < -0.39 is 0 Å². The number of ether oxygens (including phenoxy) is 2. The third kappa shape index (κ3) is 3.74. The van der Waals surface area contributed by atoms with Crippen LogP contribution in [0, 0.1) is 0 Å². The van der Waals surface area contributed by atoms with Crippen LogP contribution in [-0.4, -0.2) is 52.1 Å². The predicted octanol–water partition coefficient (Wildman–Crippen LogP) is 1.56. The Bertz CT molecular complexity index is 665. The van der Waals surface area contributed by atoms with Crippen LogP contribution < -0.4 is 9.47 Å². The van der Waals surface area contributed by atoms with Crippen molar-refractivity contribution < 1.29 is 14.3 Å². The maximum absolute atomic E-state index is 12.5. The molecule has 1 unspecified atom stereocenters. The number of aromatic nitrogens is 3. The number of pyridine rings is 1. The van der Waals surface area contributed by atoms with Crippen molar-refractivity contribution in [3.05, 3.63) is 42.4 Å².